The summed E-state index contributed by atoms with van der Waals surface area (Å²) in [5.74, 6) is 2.73. The maximum atomic E-state index is 12.4. The topological polar surface area (TPSA) is 43.4 Å². The van der Waals surface area contributed by atoms with Gasteiger partial charge in [0.1, 0.15) is 11.5 Å². The Balaban J connectivity index is 1.58. The first-order chi connectivity index (χ1) is 12.2. The van der Waals surface area contributed by atoms with Gasteiger partial charge in [0.25, 0.3) is 0 Å². The molecular formula is C23H30O3. The molecule has 1 aromatic rings. The van der Waals surface area contributed by atoms with Gasteiger partial charge in [-0.3, -0.25) is 9.59 Å². The van der Waals surface area contributed by atoms with E-state index < -0.39 is 5.41 Å². The van der Waals surface area contributed by atoms with E-state index in [-0.39, 0.29) is 11.4 Å². The summed E-state index contributed by atoms with van der Waals surface area (Å²) in [6.45, 7) is 7.84. The number of ketones is 1. The standard InChI is InChI=1S/C23H30O3/c1-22(2,3)21(25)26-15-6-8-16-14(13-15)5-7-18-17(16)11-12-23(4)19(18)9-10-20(23)24/h6,8,13,17-19H,5,7,9-12H2,1-4H3/t17-,18-,19+,23+/m1/s1. The average Bonchev–Trinajstić information content (AvgIpc) is 2.89. The zero-order valence-electron chi connectivity index (χ0n) is 16.4. The van der Waals surface area contributed by atoms with Gasteiger partial charge >= 0.3 is 5.97 Å². The van der Waals surface area contributed by atoms with Crippen molar-refractivity contribution in [3.63, 3.8) is 0 Å². The Kier molecular flexibility index (Phi) is 4.05. The Bertz CT molecular complexity index is 757. The molecule has 4 atom stereocenters. The molecule has 26 heavy (non-hydrogen) atoms. The van der Waals surface area contributed by atoms with Gasteiger partial charge in [-0.2, -0.15) is 0 Å². The number of hydrogen-bond donors (Lipinski definition) is 0. The Morgan fingerprint density at radius 1 is 1.15 bits per heavy atom. The van der Waals surface area contributed by atoms with Crippen LogP contribution in [0.1, 0.15) is 76.8 Å². The molecule has 0 heterocycles. The molecule has 1 aromatic carbocycles. The van der Waals surface area contributed by atoms with Crippen molar-refractivity contribution in [3.8, 4) is 5.75 Å². The SMILES string of the molecule is CC(C)(C)C(=O)Oc1ccc2c(c1)CC[C@@H]1[C@@H]2CC[C@]2(C)C(=O)CC[C@@H]12. The molecule has 0 amide bonds. The summed E-state index contributed by atoms with van der Waals surface area (Å²) >= 11 is 0. The van der Waals surface area contributed by atoms with Crippen LogP contribution >= 0.6 is 0 Å². The minimum atomic E-state index is -0.496. The van der Waals surface area contributed by atoms with Crippen LogP contribution in [0.3, 0.4) is 0 Å². The lowest BCUT2D eigenvalue weighted by atomic mass is 9.55. The molecule has 2 fully saturated rings. The molecule has 0 radical (unpaired) electrons. The fraction of sp³-hybridized carbons (Fsp3) is 0.652. The predicted octanol–water partition coefficient (Wildman–Crippen LogP) is 5.06. The van der Waals surface area contributed by atoms with Gasteiger partial charge in [-0.15, -0.1) is 0 Å². The zero-order chi connectivity index (χ0) is 18.7. The number of Topliss-reactive ketones (excluding diaryl/α,β-unsaturated/α-hetero) is 1. The van der Waals surface area contributed by atoms with Crippen LogP contribution < -0.4 is 4.74 Å². The van der Waals surface area contributed by atoms with Gasteiger partial charge in [-0.25, -0.2) is 0 Å². The Labute approximate surface area is 156 Å². The first-order valence-electron chi connectivity index (χ1n) is 10.1. The van der Waals surface area contributed by atoms with Gasteiger partial charge in [0.05, 0.1) is 5.41 Å². The second-order valence-corrected chi connectivity index (χ2v) is 9.83. The molecule has 4 rings (SSSR count). The molecule has 3 heteroatoms. The van der Waals surface area contributed by atoms with Crippen molar-refractivity contribution in [1.29, 1.82) is 0 Å². The number of esters is 1. The van der Waals surface area contributed by atoms with Crippen molar-refractivity contribution >= 4 is 11.8 Å². The fourth-order valence-corrected chi connectivity index (χ4v) is 5.65. The van der Waals surface area contributed by atoms with Crippen LogP contribution in [0.15, 0.2) is 18.2 Å². The molecule has 0 aromatic heterocycles. The van der Waals surface area contributed by atoms with Crippen molar-refractivity contribution in [2.24, 2.45) is 22.7 Å². The Morgan fingerprint density at radius 2 is 1.92 bits per heavy atom. The van der Waals surface area contributed by atoms with Gasteiger partial charge in [-0.1, -0.05) is 13.0 Å². The maximum absolute atomic E-state index is 12.4. The van der Waals surface area contributed by atoms with E-state index in [4.69, 9.17) is 4.74 Å². The number of hydrogen-bond acceptors (Lipinski definition) is 3. The minimum absolute atomic E-state index is 0.0686. The highest BCUT2D eigenvalue weighted by molar-refractivity contribution is 5.87. The number of benzene rings is 1. The lowest BCUT2D eigenvalue weighted by molar-refractivity contribution is -0.143. The molecule has 3 aliphatic carbocycles. The van der Waals surface area contributed by atoms with Crippen LogP contribution in [0.4, 0.5) is 0 Å². The molecule has 0 saturated heterocycles. The third-order valence-corrected chi connectivity index (χ3v) is 7.23. The molecular weight excluding hydrogens is 324 g/mol. The molecule has 0 aliphatic heterocycles. The van der Waals surface area contributed by atoms with Crippen molar-refractivity contribution in [2.45, 2.75) is 72.1 Å². The number of ether oxygens (including phenoxy) is 1. The van der Waals surface area contributed by atoms with Crippen LogP contribution in [-0.4, -0.2) is 11.8 Å². The van der Waals surface area contributed by atoms with E-state index in [2.05, 4.69) is 19.1 Å². The van der Waals surface area contributed by atoms with Crippen LogP contribution in [0, 0.1) is 22.7 Å². The highest BCUT2D eigenvalue weighted by Gasteiger charge is 2.54. The molecule has 3 aliphatic rings. The van der Waals surface area contributed by atoms with Crippen LogP contribution in [0.25, 0.3) is 0 Å². The Hall–Kier alpha value is -1.64. The lowest BCUT2D eigenvalue weighted by Gasteiger charge is -2.48. The van der Waals surface area contributed by atoms with E-state index in [1.54, 1.807) is 0 Å². The molecule has 0 unspecified atom stereocenters. The third kappa shape index (κ3) is 2.71. The number of fused-ring (bicyclic) bond motifs is 5. The first kappa shape index (κ1) is 17.8. The minimum Gasteiger partial charge on any atom is -0.426 e. The smallest absolute Gasteiger partial charge is 0.316 e. The molecule has 0 spiro atoms. The van der Waals surface area contributed by atoms with Gasteiger partial charge < -0.3 is 4.74 Å². The highest BCUT2D eigenvalue weighted by Crippen LogP contribution is 2.59. The summed E-state index contributed by atoms with van der Waals surface area (Å²) in [6, 6.07) is 6.21. The van der Waals surface area contributed by atoms with E-state index >= 15 is 0 Å². The largest absolute Gasteiger partial charge is 0.426 e. The molecule has 0 N–H and O–H groups in total. The predicted molar refractivity (Wildman–Crippen MR) is 101 cm³/mol. The zero-order valence-corrected chi connectivity index (χ0v) is 16.4. The number of carbonyl (C=O) groups is 2. The number of aryl methyl sites for hydroxylation is 1. The number of carbonyl (C=O) groups excluding carboxylic acids is 2. The van der Waals surface area contributed by atoms with Crippen LogP contribution in [0.2, 0.25) is 0 Å². The van der Waals surface area contributed by atoms with Crippen molar-refractivity contribution in [1.82, 2.24) is 0 Å². The van der Waals surface area contributed by atoms with Crippen LogP contribution in [-0.2, 0) is 16.0 Å². The summed E-state index contributed by atoms with van der Waals surface area (Å²) in [5, 5.41) is 0. The normalized spacial score (nSPS) is 33.2. The third-order valence-electron chi connectivity index (χ3n) is 7.23. The maximum Gasteiger partial charge on any atom is 0.316 e. The molecule has 0 bridgehead atoms. The summed E-state index contributed by atoms with van der Waals surface area (Å²) in [6.07, 6.45) is 6.17. The van der Waals surface area contributed by atoms with Gasteiger partial charge in [0.2, 0.25) is 0 Å². The van der Waals surface area contributed by atoms with Gasteiger partial charge in [0.15, 0.2) is 0 Å². The van der Waals surface area contributed by atoms with Crippen molar-refractivity contribution < 1.29 is 14.3 Å². The summed E-state index contributed by atoms with van der Waals surface area (Å²) in [4.78, 5) is 24.6. The molecule has 2 saturated carbocycles. The second-order valence-electron chi connectivity index (χ2n) is 9.83. The Morgan fingerprint density at radius 3 is 2.65 bits per heavy atom. The van der Waals surface area contributed by atoms with Crippen LogP contribution in [0.5, 0.6) is 5.75 Å². The van der Waals surface area contributed by atoms with Gasteiger partial charge in [-0.05, 0) is 93.9 Å². The van der Waals surface area contributed by atoms with E-state index in [1.807, 2.05) is 26.8 Å². The molecule has 140 valence electrons. The van der Waals surface area contributed by atoms with E-state index in [1.165, 1.54) is 11.1 Å². The first-order valence-corrected chi connectivity index (χ1v) is 10.1. The van der Waals surface area contributed by atoms with E-state index in [9.17, 15) is 9.59 Å². The second kappa shape index (κ2) is 5.94. The highest BCUT2D eigenvalue weighted by atomic mass is 16.5. The number of rotatable bonds is 1. The fourth-order valence-electron chi connectivity index (χ4n) is 5.65. The van der Waals surface area contributed by atoms with E-state index in [0.29, 0.717) is 29.3 Å². The van der Waals surface area contributed by atoms with Crippen molar-refractivity contribution in [2.75, 3.05) is 0 Å². The summed E-state index contributed by atoms with van der Waals surface area (Å²) in [5.41, 5.74) is 2.20. The van der Waals surface area contributed by atoms with Gasteiger partial charge in [0, 0.05) is 11.8 Å². The summed E-state index contributed by atoms with van der Waals surface area (Å²) < 4.78 is 5.60. The monoisotopic (exact) mass is 354 g/mol. The quantitative estimate of drug-likeness (QED) is 0.523. The van der Waals surface area contributed by atoms with E-state index in [0.717, 1.165) is 38.5 Å². The molecule has 3 nitrogen and oxygen atoms in total. The van der Waals surface area contributed by atoms with Crippen molar-refractivity contribution in [3.05, 3.63) is 29.3 Å². The lowest BCUT2D eigenvalue weighted by Crippen LogP contribution is -2.42. The summed E-state index contributed by atoms with van der Waals surface area (Å²) in [7, 11) is 0. The average molecular weight is 354 g/mol.